The molecular formula is C18H13BrN4O5. The number of anilines is 1. The SMILES string of the molecule is O=C1COc2ccc(CNC(=O)c3nc4ccc(O)c(Br)c4c(=O)[nH]3)cc2N1. The number of rotatable bonds is 3. The number of carbonyl (C=O) groups excluding carboxylic acids is 2. The highest BCUT2D eigenvalue weighted by molar-refractivity contribution is 9.10. The Morgan fingerprint density at radius 3 is 2.93 bits per heavy atom. The molecule has 0 atom stereocenters. The first kappa shape index (κ1) is 18.0. The molecule has 2 amide bonds. The molecule has 3 aromatic rings. The summed E-state index contributed by atoms with van der Waals surface area (Å²) in [4.78, 5) is 42.6. The molecule has 0 bridgehead atoms. The predicted octanol–water partition coefficient (Wildman–Crippen LogP) is 1.65. The van der Waals surface area contributed by atoms with Gasteiger partial charge in [0.25, 0.3) is 17.4 Å². The van der Waals surface area contributed by atoms with Gasteiger partial charge in [-0.25, -0.2) is 4.98 Å². The molecule has 0 aliphatic carbocycles. The number of amides is 2. The van der Waals surface area contributed by atoms with Crippen molar-refractivity contribution in [3.63, 3.8) is 0 Å². The van der Waals surface area contributed by atoms with Crippen molar-refractivity contribution in [2.75, 3.05) is 11.9 Å². The molecule has 9 nitrogen and oxygen atoms in total. The third-order valence-electron chi connectivity index (χ3n) is 4.14. The third kappa shape index (κ3) is 3.29. The topological polar surface area (TPSA) is 133 Å². The standard InChI is InChI=1S/C18H13BrN4O5/c19-15-11(24)3-2-9-14(15)17(26)23-16(22-9)18(27)20-6-8-1-4-12-10(5-8)21-13(25)7-28-12/h1-5,24H,6-7H2,(H,20,27)(H,21,25)(H,22,23,26). The van der Waals surface area contributed by atoms with Crippen LogP contribution in [0.1, 0.15) is 16.2 Å². The van der Waals surface area contributed by atoms with Gasteiger partial charge in [-0.15, -0.1) is 0 Å². The summed E-state index contributed by atoms with van der Waals surface area (Å²) < 4.78 is 5.50. The summed E-state index contributed by atoms with van der Waals surface area (Å²) in [7, 11) is 0. The molecule has 10 heteroatoms. The minimum atomic E-state index is -0.568. The van der Waals surface area contributed by atoms with Gasteiger partial charge in [0.1, 0.15) is 11.5 Å². The average Bonchev–Trinajstić information content (AvgIpc) is 2.68. The molecular weight excluding hydrogens is 432 g/mol. The monoisotopic (exact) mass is 444 g/mol. The number of halogens is 1. The largest absolute Gasteiger partial charge is 0.507 e. The van der Waals surface area contributed by atoms with E-state index in [0.29, 0.717) is 11.4 Å². The van der Waals surface area contributed by atoms with Gasteiger partial charge in [-0.1, -0.05) is 6.07 Å². The van der Waals surface area contributed by atoms with Gasteiger partial charge < -0.3 is 25.5 Å². The van der Waals surface area contributed by atoms with Crippen molar-refractivity contribution in [1.82, 2.24) is 15.3 Å². The molecule has 28 heavy (non-hydrogen) atoms. The number of hydrogen-bond donors (Lipinski definition) is 4. The predicted molar refractivity (Wildman–Crippen MR) is 103 cm³/mol. The number of phenolic OH excluding ortho intramolecular Hbond substituents is 1. The molecule has 0 fully saturated rings. The number of ether oxygens (including phenoxy) is 1. The van der Waals surface area contributed by atoms with E-state index in [1.807, 2.05) is 0 Å². The third-order valence-corrected chi connectivity index (χ3v) is 4.94. The number of nitrogens with zero attached hydrogens (tertiary/aromatic N) is 1. The Hall–Kier alpha value is -3.40. The number of nitrogens with one attached hydrogen (secondary N) is 3. The molecule has 0 spiro atoms. The second-order valence-electron chi connectivity index (χ2n) is 6.06. The molecule has 4 N–H and O–H groups in total. The number of H-pyrrole nitrogens is 1. The lowest BCUT2D eigenvalue weighted by molar-refractivity contribution is -0.118. The minimum absolute atomic E-state index is 0.0298. The maximum absolute atomic E-state index is 12.4. The van der Waals surface area contributed by atoms with Crippen LogP contribution in [0.3, 0.4) is 0 Å². The average molecular weight is 445 g/mol. The molecule has 4 rings (SSSR count). The van der Waals surface area contributed by atoms with Gasteiger partial charge in [0.15, 0.2) is 12.4 Å². The quantitative estimate of drug-likeness (QED) is 0.485. The second-order valence-corrected chi connectivity index (χ2v) is 6.85. The molecule has 1 aliphatic heterocycles. The molecule has 142 valence electrons. The minimum Gasteiger partial charge on any atom is -0.507 e. The number of aromatic nitrogens is 2. The lowest BCUT2D eigenvalue weighted by Crippen LogP contribution is -2.28. The zero-order valence-corrected chi connectivity index (χ0v) is 15.8. The number of benzene rings is 2. The van der Waals surface area contributed by atoms with Crippen LogP contribution in [0.5, 0.6) is 11.5 Å². The number of aromatic hydroxyl groups is 1. The Morgan fingerprint density at radius 1 is 1.29 bits per heavy atom. The van der Waals surface area contributed by atoms with E-state index in [9.17, 15) is 19.5 Å². The van der Waals surface area contributed by atoms with Crippen LogP contribution in [0.2, 0.25) is 0 Å². The number of carbonyl (C=O) groups is 2. The summed E-state index contributed by atoms with van der Waals surface area (Å²) in [6, 6.07) is 7.99. The van der Waals surface area contributed by atoms with Crippen molar-refractivity contribution in [3.05, 3.63) is 56.5 Å². The molecule has 2 heterocycles. The van der Waals surface area contributed by atoms with Crippen LogP contribution >= 0.6 is 15.9 Å². The van der Waals surface area contributed by atoms with Crippen molar-refractivity contribution in [3.8, 4) is 11.5 Å². The zero-order valence-electron chi connectivity index (χ0n) is 14.2. The Balaban J connectivity index is 1.54. The molecule has 0 saturated carbocycles. The van der Waals surface area contributed by atoms with E-state index in [2.05, 4.69) is 36.5 Å². The van der Waals surface area contributed by atoms with Crippen LogP contribution in [0, 0.1) is 0 Å². The van der Waals surface area contributed by atoms with Crippen molar-refractivity contribution >= 4 is 44.3 Å². The van der Waals surface area contributed by atoms with Crippen LogP contribution in [-0.2, 0) is 11.3 Å². The summed E-state index contributed by atoms with van der Waals surface area (Å²) in [5.74, 6) is -0.501. The van der Waals surface area contributed by atoms with E-state index >= 15 is 0 Å². The lowest BCUT2D eigenvalue weighted by Gasteiger charge is -2.18. The van der Waals surface area contributed by atoms with Gasteiger partial charge in [-0.2, -0.15) is 0 Å². The van der Waals surface area contributed by atoms with Crippen LogP contribution in [0.4, 0.5) is 5.69 Å². The second kappa shape index (κ2) is 6.97. The van der Waals surface area contributed by atoms with Crippen LogP contribution in [-0.4, -0.2) is 33.5 Å². The van der Waals surface area contributed by atoms with E-state index in [-0.39, 0.29) is 46.0 Å². The molecule has 0 unspecified atom stereocenters. The summed E-state index contributed by atoms with van der Waals surface area (Å²) in [5, 5.41) is 15.2. The molecule has 0 radical (unpaired) electrons. The Morgan fingerprint density at radius 2 is 2.11 bits per heavy atom. The van der Waals surface area contributed by atoms with E-state index in [1.54, 1.807) is 18.2 Å². The van der Waals surface area contributed by atoms with E-state index in [0.717, 1.165) is 5.56 Å². The van der Waals surface area contributed by atoms with Crippen LogP contribution < -0.4 is 20.9 Å². The summed E-state index contributed by atoms with van der Waals surface area (Å²) in [5.41, 5.74) is 0.984. The fourth-order valence-corrected chi connectivity index (χ4v) is 3.31. The fraction of sp³-hybridized carbons (Fsp3) is 0.111. The van der Waals surface area contributed by atoms with Gasteiger partial charge in [0.2, 0.25) is 0 Å². The number of aromatic amines is 1. The zero-order chi connectivity index (χ0) is 19.8. The summed E-state index contributed by atoms with van der Waals surface area (Å²) >= 11 is 3.14. The Kier molecular flexibility index (Phi) is 4.47. The Bertz CT molecular complexity index is 1190. The highest BCUT2D eigenvalue weighted by atomic mass is 79.9. The van der Waals surface area contributed by atoms with Crippen LogP contribution in [0.15, 0.2) is 39.6 Å². The smallest absolute Gasteiger partial charge is 0.287 e. The molecule has 1 aliphatic rings. The highest BCUT2D eigenvalue weighted by Crippen LogP contribution is 2.29. The maximum atomic E-state index is 12.4. The van der Waals surface area contributed by atoms with Gasteiger partial charge in [-0.05, 0) is 45.8 Å². The number of hydrogen-bond acceptors (Lipinski definition) is 6. The van der Waals surface area contributed by atoms with E-state index in [4.69, 9.17) is 4.74 Å². The van der Waals surface area contributed by atoms with E-state index in [1.165, 1.54) is 12.1 Å². The summed E-state index contributed by atoms with van der Waals surface area (Å²) in [6.07, 6.45) is 0. The van der Waals surface area contributed by atoms with Gasteiger partial charge >= 0.3 is 0 Å². The highest BCUT2D eigenvalue weighted by Gasteiger charge is 2.17. The van der Waals surface area contributed by atoms with Crippen LogP contribution in [0.25, 0.3) is 10.9 Å². The first-order valence-corrected chi connectivity index (χ1v) is 8.97. The maximum Gasteiger partial charge on any atom is 0.287 e. The van der Waals surface area contributed by atoms with Gasteiger partial charge in [0, 0.05) is 6.54 Å². The first-order valence-electron chi connectivity index (χ1n) is 8.17. The molecule has 0 saturated heterocycles. The number of fused-ring (bicyclic) bond motifs is 2. The van der Waals surface area contributed by atoms with E-state index < -0.39 is 11.5 Å². The van der Waals surface area contributed by atoms with Gasteiger partial charge in [-0.3, -0.25) is 14.4 Å². The Labute approximate surface area is 165 Å². The van der Waals surface area contributed by atoms with Crippen molar-refractivity contribution in [2.45, 2.75) is 6.54 Å². The summed E-state index contributed by atoms with van der Waals surface area (Å²) in [6.45, 7) is 0.126. The normalized spacial score (nSPS) is 12.8. The fourth-order valence-electron chi connectivity index (χ4n) is 2.80. The van der Waals surface area contributed by atoms with Crippen molar-refractivity contribution in [1.29, 1.82) is 0 Å². The van der Waals surface area contributed by atoms with Gasteiger partial charge in [0.05, 0.1) is 21.1 Å². The molecule has 2 aromatic carbocycles. The lowest BCUT2D eigenvalue weighted by atomic mass is 10.1. The first-order chi connectivity index (χ1) is 13.4. The van der Waals surface area contributed by atoms with Crippen molar-refractivity contribution < 1.29 is 19.4 Å². The van der Waals surface area contributed by atoms with Crippen molar-refractivity contribution in [2.24, 2.45) is 0 Å². The molecule has 1 aromatic heterocycles. The number of phenols is 1.